The van der Waals surface area contributed by atoms with Crippen LogP contribution < -0.4 is 5.32 Å². The summed E-state index contributed by atoms with van der Waals surface area (Å²) in [5.41, 5.74) is 2.40. The second-order valence-corrected chi connectivity index (χ2v) is 4.63. The molecule has 2 aromatic rings. The summed E-state index contributed by atoms with van der Waals surface area (Å²) in [5, 5.41) is 3.04. The maximum atomic E-state index is 13.5. The topological polar surface area (TPSA) is 38.3 Å². The van der Waals surface area contributed by atoms with E-state index < -0.39 is 0 Å². The van der Waals surface area contributed by atoms with Gasteiger partial charge in [-0.25, -0.2) is 4.39 Å². The van der Waals surface area contributed by atoms with E-state index in [0.717, 1.165) is 11.1 Å². The van der Waals surface area contributed by atoms with E-state index in [9.17, 15) is 9.18 Å². The summed E-state index contributed by atoms with van der Waals surface area (Å²) in [7, 11) is 0. The van der Waals surface area contributed by atoms with Crippen molar-refractivity contribution >= 4 is 11.7 Å². The molecule has 0 saturated heterocycles. The normalized spacial score (nSPS) is 10.2. The summed E-state index contributed by atoms with van der Waals surface area (Å²) in [5.74, 6) is -0.494. The summed E-state index contributed by atoms with van der Waals surface area (Å²) in [6.45, 7) is 2.71. The second kappa shape index (κ2) is 7.43. The summed E-state index contributed by atoms with van der Waals surface area (Å²) < 4.78 is 18.4. The van der Waals surface area contributed by atoms with Crippen LogP contribution in [0.15, 0.2) is 48.5 Å². The summed E-state index contributed by atoms with van der Waals surface area (Å²) in [6.07, 6.45) is 0.273. The SMILES string of the molecule is CCOC(=O)Cc1ccc(CNc2ccccc2F)cc1. The smallest absolute Gasteiger partial charge is 0.310 e. The lowest BCUT2D eigenvalue weighted by atomic mass is 10.1. The number of halogens is 1. The van der Waals surface area contributed by atoms with Crippen molar-refractivity contribution in [1.29, 1.82) is 0 Å². The van der Waals surface area contributed by atoms with Gasteiger partial charge >= 0.3 is 5.97 Å². The van der Waals surface area contributed by atoms with Crippen LogP contribution >= 0.6 is 0 Å². The van der Waals surface area contributed by atoms with E-state index in [0.29, 0.717) is 18.8 Å². The van der Waals surface area contributed by atoms with Gasteiger partial charge in [0.15, 0.2) is 0 Å². The molecule has 2 aromatic carbocycles. The molecule has 0 fully saturated rings. The third-order valence-corrected chi connectivity index (χ3v) is 3.03. The highest BCUT2D eigenvalue weighted by Crippen LogP contribution is 2.14. The van der Waals surface area contributed by atoms with Crippen molar-refractivity contribution in [3.8, 4) is 0 Å². The number of rotatable bonds is 6. The molecule has 110 valence electrons. The summed E-state index contributed by atoms with van der Waals surface area (Å²) in [6, 6.07) is 14.2. The lowest BCUT2D eigenvalue weighted by Crippen LogP contribution is -2.07. The largest absolute Gasteiger partial charge is 0.466 e. The molecule has 21 heavy (non-hydrogen) atoms. The van der Waals surface area contributed by atoms with Gasteiger partial charge in [0.2, 0.25) is 0 Å². The van der Waals surface area contributed by atoms with E-state index in [4.69, 9.17) is 4.74 Å². The Morgan fingerprint density at radius 1 is 1.10 bits per heavy atom. The first-order valence-corrected chi connectivity index (χ1v) is 6.91. The number of carbonyl (C=O) groups excluding carboxylic acids is 1. The fourth-order valence-electron chi connectivity index (χ4n) is 1.96. The van der Waals surface area contributed by atoms with Crippen molar-refractivity contribution in [2.45, 2.75) is 19.9 Å². The van der Waals surface area contributed by atoms with Gasteiger partial charge in [-0.2, -0.15) is 0 Å². The van der Waals surface area contributed by atoms with E-state index in [1.807, 2.05) is 24.3 Å². The van der Waals surface area contributed by atoms with Crippen molar-refractivity contribution in [2.75, 3.05) is 11.9 Å². The molecule has 0 amide bonds. The summed E-state index contributed by atoms with van der Waals surface area (Å²) in [4.78, 5) is 11.4. The Morgan fingerprint density at radius 2 is 1.76 bits per heavy atom. The number of esters is 1. The number of anilines is 1. The molecule has 0 atom stereocenters. The van der Waals surface area contributed by atoms with E-state index in [1.54, 1.807) is 25.1 Å². The molecule has 0 bridgehead atoms. The van der Waals surface area contributed by atoms with E-state index >= 15 is 0 Å². The minimum atomic E-state index is -0.267. The first kappa shape index (κ1) is 15.0. The highest BCUT2D eigenvalue weighted by Gasteiger charge is 2.04. The molecule has 0 aliphatic carbocycles. The number of ether oxygens (including phenoxy) is 1. The van der Waals surface area contributed by atoms with Crippen molar-refractivity contribution in [3.05, 3.63) is 65.5 Å². The van der Waals surface area contributed by atoms with E-state index in [-0.39, 0.29) is 18.2 Å². The van der Waals surface area contributed by atoms with Gasteiger partial charge in [-0.1, -0.05) is 36.4 Å². The van der Waals surface area contributed by atoms with Gasteiger partial charge in [0.1, 0.15) is 5.82 Å². The molecule has 3 nitrogen and oxygen atoms in total. The monoisotopic (exact) mass is 287 g/mol. The number of carbonyl (C=O) groups is 1. The third-order valence-electron chi connectivity index (χ3n) is 3.03. The average Bonchev–Trinajstić information content (AvgIpc) is 2.48. The predicted molar refractivity (Wildman–Crippen MR) is 80.5 cm³/mol. The number of nitrogens with one attached hydrogen (secondary N) is 1. The first-order chi connectivity index (χ1) is 10.2. The molecule has 0 unspecified atom stereocenters. The van der Waals surface area contributed by atoms with Gasteiger partial charge in [-0.3, -0.25) is 4.79 Å². The van der Waals surface area contributed by atoms with Crippen LogP contribution in [0.2, 0.25) is 0 Å². The molecule has 0 aliphatic heterocycles. The predicted octanol–water partition coefficient (Wildman–Crippen LogP) is 3.54. The Balaban J connectivity index is 1.91. The van der Waals surface area contributed by atoms with Crippen molar-refractivity contribution in [2.24, 2.45) is 0 Å². The highest BCUT2D eigenvalue weighted by atomic mass is 19.1. The Hall–Kier alpha value is -2.36. The highest BCUT2D eigenvalue weighted by molar-refractivity contribution is 5.72. The van der Waals surface area contributed by atoms with E-state index in [1.165, 1.54) is 6.07 Å². The molecule has 0 aromatic heterocycles. The fourth-order valence-corrected chi connectivity index (χ4v) is 1.96. The molecule has 4 heteroatoms. The molecule has 0 spiro atoms. The number of hydrogen-bond acceptors (Lipinski definition) is 3. The lowest BCUT2D eigenvalue weighted by Gasteiger charge is -2.08. The molecule has 0 saturated carbocycles. The van der Waals surface area contributed by atoms with Crippen molar-refractivity contribution in [1.82, 2.24) is 0 Å². The molecule has 0 heterocycles. The molecule has 1 N–H and O–H groups in total. The minimum Gasteiger partial charge on any atom is -0.466 e. The zero-order chi connectivity index (χ0) is 15.1. The van der Waals surface area contributed by atoms with Crippen molar-refractivity contribution in [3.63, 3.8) is 0 Å². The summed E-state index contributed by atoms with van der Waals surface area (Å²) >= 11 is 0. The zero-order valence-electron chi connectivity index (χ0n) is 11.9. The minimum absolute atomic E-state index is 0.227. The number of para-hydroxylation sites is 1. The van der Waals surface area contributed by atoms with Crippen LogP contribution in [0, 0.1) is 5.82 Å². The van der Waals surface area contributed by atoms with Crippen LogP contribution in [0.25, 0.3) is 0 Å². The maximum Gasteiger partial charge on any atom is 0.310 e. The molecule has 2 rings (SSSR count). The third kappa shape index (κ3) is 4.60. The zero-order valence-corrected chi connectivity index (χ0v) is 11.9. The van der Waals surface area contributed by atoms with Crippen LogP contribution in [-0.2, 0) is 22.5 Å². The second-order valence-electron chi connectivity index (χ2n) is 4.63. The van der Waals surface area contributed by atoms with E-state index in [2.05, 4.69) is 5.32 Å². The quantitative estimate of drug-likeness (QED) is 0.826. The van der Waals surface area contributed by atoms with Crippen LogP contribution in [0.1, 0.15) is 18.1 Å². The van der Waals surface area contributed by atoms with Gasteiger partial charge in [-0.05, 0) is 30.2 Å². The number of benzene rings is 2. The van der Waals surface area contributed by atoms with Gasteiger partial charge in [0.25, 0.3) is 0 Å². The first-order valence-electron chi connectivity index (χ1n) is 6.91. The Kier molecular flexibility index (Phi) is 5.32. The molecule has 0 aliphatic rings. The average molecular weight is 287 g/mol. The fraction of sp³-hybridized carbons (Fsp3) is 0.235. The Morgan fingerprint density at radius 3 is 2.43 bits per heavy atom. The van der Waals surface area contributed by atoms with Crippen LogP contribution in [-0.4, -0.2) is 12.6 Å². The molecule has 0 radical (unpaired) electrons. The Bertz CT molecular complexity index is 596. The van der Waals surface area contributed by atoms with Gasteiger partial charge < -0.3 is 10.1 Å². The van der Waals surface area contributed by atoms with Crippen LogP contribution in [0.3, 0.4) is 0 Å². The van der Waals surface area contributed by atoms with Gasteiger partial charge in [0, 0.05) is 6.54 Å². The van der Waals surface area contributed by atoms with Crippen molar-refractivity contribution < 1.29 is 13.9 Å². The van der Waals surface area contributed by atoms with Crippen LogP contribution in [0.5, 0.6) is 0 Å². The van der Waals surface area contributed by atoms with Crippen LogP contribution in [0.4, 0.5) is 10.1 Å². The number of hydrogen-bond donors (Lipinski definition) is 1. The maximum absolute atomic E-state index is 13.5. The van der Waals surface area contributed by atoms with Gasteiger partial charge in [0.05, 0.1) is 18.7 Å². The standard InChI is InChI=1S/C17H18FNO2/c1-2-21-17(20)11-13-7-9-14(10-8-13)12-19-16-6-4-3-5-15(16)18/h3-10,19H,2,11-12H2,1H3. The van der Waals surface area contributed by atoms with Gasteiger partial charge in [-0.15, -0.1) is 0 Å². The Labute approximate surface area is 123 Å². The lowest BCUT2D eigenvalue weighted by molar-refractivity contribution is -0.142. The molecular formula is C17H18FNO2. The molecular weight excluding hydrogens is 269 g/mol.